The monoisotopic (exact) mass is 313 g/mol. The van der Waals surface area contributed by atoms with Gasteiger partial charge in [-0.15, -0.1) is 0 Å². The smallest absolute Gasteiger partial charge is 0.222 e. The van der Waals surface area contributed by atoms with Gasteiger partial charge in [-0.1, -0.05) is 38.1 Å². The van der Waals surface area contributed by atoms with Gasteiger partial charge in [-0.3, -0.25) is 4.79 Å². The predicted molar refractivity (Wildman–Crippen MR) is 93.3 cm³/mol. The minimum Gasteiger partial charge on any atom is -0.334 e. The molecule has 1 amide bonds. The van der Waals surface area contributed by atoms with Crippen LogP contribution < -0.4 is 0 Å². The molecule has 0 saturated heterocycles. The molecule has 1 aromatic rings. The van der Waals surface area contributed by atoms with E-state index in [1.165, 1.54) is 5.56 Å². The summed E-state index contributed by atoms with van der Waals surface area (Å²) >= 11 is 0. The molecule has 1 heterocycles. The van der Waals surface area contributed by atoms with Gasteiger partial charge in [-0.2, -0.15) is 0 Å². The van der Waals surface area contributed by atoms with Crippen LogP contribution in [0.1, 0.15) is 50.3 Å². The Balaban J connectivity index is 2.31. The highest BCUT2D eigenvalue weighted by Gasteiger charge is 2.22. The Morgan fingerprint density at radius 1 is 1.26 bits per heavy atom. The van der Waals surface area contributed by atoms with E-state index in [2.05, 4.69) is 6.07 Å². The Morgan fingerprint density at radius 3 is 2.65 bits per heavy atom. The maximum absolute atomic E-state index is 13.8. The largest absolute Gasteiger partial charge is 0.334 e. The van der Waals surface area contributed by atoms with Crippen LogP contribution in [0.2, 0.25) is 0 Å². The number of benzene rings is 1. The number of rotatable bonds is 5. The molecule has 0 aliphatic carbocycles. The Kier molecular flexibility index (Phi) is 5.91. The summed E-state index contributed by atoms with van der Waals surface area (Å²) in [6.45, 7) is 7.04. The highest BCUT2D eigenvalue weighted by Crippen LogP contribution is 2.28. The number of allylic oxidation sites excluding steroid dienone is 6. The molecule has 0 fully saturated rings. The molecule has 3 heteroatoms. The average molecular weight is 313 g/mol. The summed E-state index contributed by atoms with van der Waals surface area (Å²) in [4.78, 5) is 13.7. The first-order valence-corrected chi connectivity index (χ1v) is 8.19. The van der Waals surface area contributed by atoms with Gasteiger partial charge in [0.25, 0.3) is 0 Å². The van der Waals surface area contributed by atoms with Crippen LogP contribution in [0.15, 0.2) is 48.3 Å². The highest BCUT2D eigenvalue weighted by molar-refractivity contribution is 5.78. The second-order valence-corrected chi connectivity index (χ2v) is 5.68. The fourth-order valence-corrected chi connectivity index (χ4v) is 2.78. The molecule has 0 atom stereocenters. The molecule has 0 unspecified atom stereocenters. The van der Waals surface area contributed by atoms with Crippen LogP contribution in [0, 0.1) is 0 Å². The predicted octanol–water partition coefficient (Wildman–Crippen LogP) is 5.16. The number of carbonyl (C=O) groups excluding carboxylic acids is 1. The van der Waals surface area contributed by atoms with Crippen molar-refractivity contribution in [1.82, 2.24) is 4.90 Å². The average Bonchev–Trinajstić information content (AvgIpc) is 2.97. The van der Waals surface area contributed by atoms with Gasteiger partial charge < -0.3 is 4.90 Å². The van der Waals surface area contributed by atoms with Crippen LogP contribution in [0.25, 0.3) is 5.57 Å². The second kappa shape index (κ2) is 7.91. The molecule has 122 valence electrons. The first-order chi connectivity index (χ1) is 11.1. The minimum atomic E-state index is -0.219. The van der Waals surface area contributed by atoms with Crippen molar-refractivity contribution in [3.8, 4) is 0 Å². The van der Waals surface area contributed by atoms with E-state index in [9.17, 15) is 9.18 Å². The van der Waals surface area contributed by atoms with Gasteiger partial charge in [0, 0.05) is 19.5 Å². The summed E-state index contributed by atoms with van der Waals surface area (Å²) in [5, 5.41) is 0. The first-order valence-electron chi connectivity index (χ1n) is 8.19. The summed E-state index contributed by atoms with van der Waals surface area (Å²) in [6, 6.07) is 6.12. The Labute approximate surface area is 138 Å². The molecule has 0 spiro atoms. The third-order valence-corrected chi connectivity index (χ3v) is 3.96. The Bertz CT molecular complexity index is 670. The molecule has 0 radical (unpaired) electrons. The highest BCUT2D eigenvalue weighted by atomic mass is 19.1. The molecular formula is C20H24FNO. The van der Waals surface area contributed by atoms with Crippen molar-refractivity contribution in [2.75, 3.05) is 0 Å². The third kappa shape index (κ3) is 4.19. The standard InChI is InChI=1S/C20H24FNO/c1-4-7-15(12-19(21)8-5-2)16-9-10-17-13-22(20(23)6-3)14-18(17)11-16/h4,7-12H,5-6,13-14H2,1-3H3/b7-4-,15-12+,19-8-. The third-order valence-electron chi connectivity index (χ3n) is 3.96. The van der Waals surface area contributed by atoms with Gasteiger partial charge in [0.05, 0.1) is 0 Å². The minimum absolute atomic E-state index is 0.170. The van der Waals surface area contributed by atoms with Gasteiger partial charge >= 0.3 is 0 Å². The van der Waals surface area contributed by atoms with Crippen molar-refractivity contribution in [1.29, 1.82) is 0 Å². The summed E-state index contributed by atoms with van der Waals surface area (Å²) in [5.74, 6) is -0.0484. The summed E-state index contributed by atoms with van der Waals surface area (Å²) in [6.07, 6.45) is 8.15. The lowest BCUT2D eigenvalue weighted by molar-refractivity contribution is -0.131. The van der Waals surface area contributed by atoms with E-state index in [1.54, 1.807) is 12.2 Å². The molecule has 0 bridgehead atoms. The number of halogens is 1. The summed E-state index contributed by atoms with van der Waals surface area (Å²) in [5.41, 5.74) is 4.16. The van der Waals surface area contributed by atoms with E-state index >= 15 is 0 Å². The van der Waals surface area contributed by atoms with Crippen LogP contribution >= 0.6 is 0 Å². The number of fused-ring (bicyclic) bond motifs is 1. The van der Waals surface area contributed by atoms with Crippen LogP contribution in [0.4, 0.5) is 4.39 Å². The number of hydrogen-bond acceptors (Lipinski definition) is 1. The number of amides is 1. The quantitative estimate of drug-likeness (QED) is 0.687. The molecule has 0 saturated carbocycles. The molecule has 1 aliphatic rings. The molecule has 2 rings (SSSR count). The van der Waals surface area contributed by atoms with Crippen LogP contribution in [-0.2, 0) is 17.9 Å². The zero-order chi connectivity index (χ0) is 16.8. The molecule has 2 nitrogen and oxygen atoms in total. The normalized spacial score (nSPS) is 15.4. The maximum atomic E-state index is 13.8. The molecule has 23 heavy (non-hydrogen) atoms. The number of nitrogens with zero attached hydrogens (tertiary/aromatic N) is 1. The second-order valence-electron chi connectivity index (χ2n) is 5.68. The van der Waals surface area contributed by atoms with Crippen molar-refractivity contribution in [3.05, 3.63) is 65.0 Å². The topological polar surface area (TPSA) is 20.3 Å². The van der Waals surface area contributed by atoms with E-state index in [0.717, 1.165) is 16.7 Å². The zero-order valence-corrected chi connectivity index (χ0v) is 14.1. The van der Waals surface area contributed by atoms with E-state index in [0.29, 0.717) is 25.9 Å². The van der Waals surface area contributed by atoms with Gasteiger partial charge in [0.15, 0.2) is 0 Å². The first kappa shape index (κ1) is 17.2. The number of carbonyl (C=O) groups is 1. The molecule has 0 N–H and O–H groups in total. The van der Waals surface area contributed by atoms with Crippen molar-refractivity contribution >= 4 is 11.5 Å². The Morgan fingerprint density at radius 2 is 2.00 bits per heavy atom. The van der Waals surface area contributed by atoms with Crippen molar-refractivity contribution in [2.24, 2.45) is 0 Å². The van der Waals surface area contributed by atoms with E-state index in [4.69, 9.17) is 0 Å². The summed E-state index contributed by atoms with van der Waals surface area (Å²) < 4.78 is 13.8. The summed E-state index contributed by atoms with van der Waals surface area (Å²) in [7, 11) is 0. The van der Waals surface area contributed by atoms with E-state index < -0.39 is 0 Å². The van der Waals surface area contributed by atoms with Crippen LogP contribution in [-0.4, -0.2) is 10.8 Å². The van der Waals surface area contributed by atoms with Gasteiger partial charge in [-0.25, -0.2) is 4.39 Å². The van der Waals surface area contributed by atoms with Crippen molar-refractivity contribution in [3.63, 3.8) is 0 Å². The zero-order valence-electron chi connectivity index (χ0n) is 14.1. The van der Waals surface area contributed by atoms with Crippen molar-refractivity contribution in [2.45, 2.75) is 46.7 Å². The molecule has 0 aromatic heterocycles. The van der Waals surface area contributed by atoms with E-state index in [-0.39, 0.29) is 11.7 Å². The maximum Gasteiger partial charge on any atom is 0.222 e. The van der Waals surface area contributed by atoms with Crippen LogP contribution in [0.3, 0.4) is 0 Å². The Hall–Kier alpha value is -2.16. The number of hydrogen-bond donors (Lipinski definition) is 0. The van der Waals surface area contributed by atoms with Gasteiger partial charge in [0.2, 0.25) is 5.91 Å². The van der Waals surface area contributed by atoms with Gasteiger partial charge in [-0.05, 0) is 53.8 Å². The molecule has 1 aliphatic heterocycles. The SMILES string of the molecule is C\C=C/C(=C\C(F)=C\CC)c1ccc2c(c1)CN(C(=O)CC)C2. The molecular weight excluding hydrogens is 289 g/mol. The lowest BCUT2D eigenvalue weighted by Gasteiger charge is -2.13. The lowest BCUT2D eigenvalue weighted by Crippen LogP contribution is -2.23. The lowest BCUT2D eigenvalue weighted by atomic mass is 9.99. The van der Waals surface area contributed by atoms with Crippen molar-refractivity contribution < 1.29 is 9.18 Å². The fourth-order valence-electron chi connectivity index (χ4n) is 2.78. The van der Waals surface area contributed by atoms with Gasteiger partial charge in [0.1, 0.15) is 5.83 Å². The van der Waals surface area contributed by atoms with E-state index in [1.807, 2.05) is 50.0 Å². The molecule has 1 aromatic carbocycles. The van der Waals surface area contributed by atoms with Crippen LogP contribution in [0.5, 0.6) is 0 Å². The fraction of sp³-hybridized carbons (Fsp3) is 0.350.